The van der Waals surface area contributed by atoms with E-state index in [0.29, 0.717) is 17.5 Å². The Morgan fingerprint density at radius 1 is 1.30 bits per heavy atom. The molecule has 2 aliphatic rings. The Kier molecular flexibility index (Phi) is 4.17. The van der Waals surface area contributed by atoms with Gasteiger partial charge in [-0.05, 0) is 18.3 Å². The molecular formula is C17H27N5O. The van der Waals surface area contributed by atoms with Crippen molar-refractivity contribution in [3.05, 3.63) is 11.5 Å². The number of hydrogen-bond donors (Lipinski definition) is 1. The molecule has 0 aromatic carbocycles. The summed E-state index contributed by atoms with van der Waals surface area (Å²) < 4.78 is 0. The smallest absolute Gasteiger partial charge is 0.280 e. The SMILES string of the molecule is CC(C)CCCc1nc2c([nH]1)C(=O)N(C)C1=N[C@H](C(C)C)CN12. The van der Waals surface area contributed by atoms with E-state index in [1.165, 1.54) is 6.42 Å². The summed E-state index contributed by atoms with van der Waals surface area (Å²) in [5.41, 5.74) is 0.607. The number of guanidine groups is 1. The highest BCUT2D eigenvalue weighted by atomic mass is 16.2. The molecule has 0 spiro atoms. The Hall–Kier alpha value is -1.85. The van der Waals surface area contributed by atoms with Crippen LogP contribution in [0.1, 0.15) is 56.8 Å². The van der Waals surface area contributed by atoms with Crippen molar-refractivity contribution in [3.8, 4) is 0 Å². The average molecular weight is 317 g/mol. The van der Waals surface area contributed by atoms with Crippen LogP contribution in [0.2, 0.25) is 0 Å². The quantitative estimate of drug-likeness (QED) is 0.908. The van der Waals surface area contributed by atoms with Crippen LogP contribution in [0, 0.1) is 11.8 Å². The standard InChI is InChI=1S/C17H27N5O/c1-10(2)7-6-8-13-19-14-15(20-13)22-9-12(11(3)4)18-17(22)21(5)16(14)23/h10-12H,6-9H2,1-5H3,(H,19,20)/t12-/m0/s1. The first kappa shape index (κ1) is 16.0. The fourth-order valence-electron chi connectivity index (χ4n) is 3.15. The largest absolute Gasteiger partial charge is 0.336 e. The molecule has 1 N–H and O–H groups in total. The maximum Gasteiger partial charge on any atom is 0.280 e. The maximum atomic E-state index is 12.6. The highest BCUT2D eigenvalue weighted by molar-refractivity contribution is 6.17. The molecule has 0 bridgehead atoms. The zero-order chi connectivity index (χ0) is 16.7. The molecule has 2 aliphatic heterocycles. The number of aromatic nitrogens is 2. The third-order valence-corrected chi connectivity index (χ3v) is 4.66. The van der Waals surface area contributed by atoms with Gasteiger partial charge >= 0.3 is 0 Å². The van der Waals surface area contributed by atoms with Gasteiger partial charge in [-0.3, -0.25) is 14.6 Å². The van der Waals surface area contributed by atoms with Crippen molar-refractivity contribution >= 4 is 17.7 Å². The lowest BCUT2D eigenvalue weighted by molar-refractivity contribution is 0.0860. The van der Waals surface area contributed by atoms with Gasteiger partial charge in [0.1, 0.15) is 11.5 Å². The minimum Gasteiger partial charge on any atom is -0.336 e. The van der Waals surface area contributed by atoms with E-state index >= 15 is 0 Å². The van der Waals surface area contributed by atoms with Crippen LogP contribution in [0.25, 0.3) is 0 Å². The first-order valence-corrected chi connectivity index (χ1v) is 8.60. The highest BCUT2D eigenvalue weighted by Crippen LogP contribution is 2.31. The van der Waals surface area contributed by atoms with Crippen LogP contribution in [0.15, 0.2) is 4.99 Å². The number of fused-ring (bicyclic) bond motifs is 3. The Bertz CT molecular complexity index is 631. The van der Waals surface area contributed by atoms with E-state index in [-0.39, 0.29) is 11.9 Å². The Morgan fingerprint density at radius 3 is 2.70 bits per heavy atom. The molecule has 0 aliphatic carbocycles. The highest BCUT2D eigenvalue weighted by Gasteiger charge is 2.41. The predicted octanol–water partition coefficient (Wildman–Crippen LogP) is 2.67. The van der Waals surface area contributed by atoms with Crippen molar-refractivity contribution in [2.45, 2.75) is 53.0 Å². The fourth-order valence-corrected chi connectivity index (χ4v) is 3.15. The van der Waals surface area contributed by atoms with Gasteiger partial charge in [0.15, 0.2) is 5.82 Å². The number of aryl methyl sites for hydroxylation is 1. The lowest BCUT2D eigenvalue weighted by atomic mass is 10.1. The van der Waals surface area contributed by atoms with Crippen LogP contribution in [-0.4, -0.2) is 46.4 Å². The molecule has 126 valence electrons. The third kappa shape index (κ3) is 2.86. The molecule has 0 fully saturated rings. The van der Waals surface area contributed by atoms with E-state index in [1.807, 2.05) is 0 Å². The minimum absolute atomic E-state index is 0.0398. The second-order valence-electron chi connectivity index (χ2n) is 7.38. The third-order valence-electron chi connectivity index (χ3n) is 4.66. The summed E-state index contributed by atoms with van der Waals surface area (Å²) in [6, 6.07) is 0.215. The average Bonchev–Trinajstić information content (AvgIpc) is 3.08. The van der Waals surface area contributed by atoms with Gasteiger partial charge in [-0.2, -0.15) is 0 Å². The molecule has 1 atom stereocenters. The van der Waals surface area contributed by atoms with Crippen LogP contribution < -0.4 is 4.90 Å². The number of nitrogens with zero attached hydrogens (tertiary/aromatic N) is 4. The van der Waals surface area contributed by atoms with E-state index in [2.05, 4.69) is 37.6 Å². The predicted molar refractivity (Wildman–Crippen MR) is 91.9 cm³/mol. The van der Waals surface area contributed by atoms with Crippen LogP contribution in [0.3, 0.4) is 0 Å². The summed E-state index contributed by atoms with van der Waals surface area (Å²) in [6.07, 6.45) is 3.14. The number of rotatable bonds is 5. The van der Waals surface area contributed by atoms with Gasteiger partial charge in [0.25, 0.3) is 5.91 Å². The first-order valence-electron chi connectivity index (χ1n) is 8.60. The van der Waals surface area contributed by atoms with Gasteiger partial charge in [-0.1, -0.05) is 34.1 Å². The van der Waals surface area contributed by atoms with Gasteiger partial charge in [0, 0.05) is 13.5 Å². The van der Waals surface area contributed by atoms with Crippen molar-refractivity contribution in [1.29, 1.82) is 0 Å². The van der Waals surface area contributed by atoms with Crippen molar-refractivity contribution < 1.29 is 4.79 Å². The second kappa shape index (κ2) is 5.98. The molecule has 3 rings (SSSR count). The summed E-state index contributed by atoms with van der Waals surface area (Å²) in [6.45, 7) is 9.58. The number of hydrogen-bond acceptors (Lipinski definition) is 4. The number of aromatic amines is 1. The second-order valence-corrected chi connectivity index (χ2v) is 7.38. The molecule has 0 saturated carbocycles. The zero-order valence-electron chi connectivity index (χ0n) is 14.8. The zero-order valence-corrected chi connectivity index (χ0v) is 14.8. The van der Waals surface area contributed by atoms with Gasteiger partial charge in [-0.25, -0.2) is 9.98 Å². The van der Waals surface area contributed by atoms with E-state index in [0.717, 1.165) is 37.0 Å². The summed E-state index contributed by atoms with van der Waals surface area (Å²) in [5, 5.41) is 0. The summed E-state index contributed by atoms with van der Waals surface area (Å²) in [5.74, 6) is 3.51. The van der Waals surface area contributed by atoms with Crippen LogP contribution >= 0.6 is 0 Å². The van der Waals surface area contributed by atoms with Gasteiger partial charge in [-0.15, -0.1) is 0 Å². The number of carbonyl (C=O) groups excluding carboxylic acids is 1. The van der Waals surface area contributed by atoms with E-state index in [9.17, 15) is 4.79 Å². The number of nitrogens with one attached hydrogen (secondary N) is 1. The molecule has 0 saturated heterocycles. The number of amides is 1. The van der Waals surface area contributed by atoms with Crippen LogP contribution in [0.4, 0.5) is 5.82 Å². The summed E-state index contributed by atoms with van der Waals surface area (Å²) in [7, 11) is 1.79. The van der Waals surface area contributed by atoms with Crippen LogP contribution in [-0.2, 0) is 6.42 Å². The van der Waals surface area contributed by atoms with E-state index < -0.39 is 0 Å². The summed E-state index contributed by atoms with van der Waals surface area (Å²) in [4.78, 5) is 29.0. The number of aliphatic imine (C=N–C) groups is 1. The molecule has 0 radical (unpaired) electrons. The Labute approximate surface area is 138 Å². The van der Waals surface area contributed by atoms with Gasteiger partial charge in [0.05, 0.1) is 12.6 Å². The Morgan fingerprint density at radius 2 is 2.04 bits per heavy atom. The van der Waals surface area contributed by atoms with E-state index in [1.54, 1.807) is 11.9 Å². The molecule has 1 amide bonds. The van der Waals surface area contributed by atoms with Crippen molar-refractivity contribution in [2.24, 2.45) is 16.8 Å². The normalized spacial score (nSPS) is 20.4. The number of imidazole rings is 1. The van der Waals surface area contributed by atoms with Crippen molar-refractivity contribution in [1.82, 2.24) is 14.9 Å². The molecule has 23 heavy (non-hydrogen) atoms. The van der Waals surface area contributed by atoms with Gasteiger partial charge < -0.3 is 4.98 Å². The molecule has 3 heterocycles. The van der Waals surface area contributed by atoms with Crippen molar-refractivity contribution in [2.75, 3.05) is 18.5 Å². The van der Waals surface area contributed by atoms with Crippen LogP contribution in [0.5, 0.6) is 0 Å². The number of carbonyl (C=O) groups is 1. The molecule has 6 nitrogen and oxygen atoms in total. The molecule has 6 heteroatoms. The van der Waals surface area contributed by atoms with E-state index in [4.69, 9.17) is 9.98 Å². The first-order chi connectivity index (χ1) is 10.9. The number of anilines is 1. The molecule has 1 aromatic rings. The molecule has 1 aromatic heterocycles. The molecular weight excluding hydrogens is 290 g/mol. The van der Waals surface area contributed by atoms with Gasteiger partial charge in [0.2, 0.25) is 5.96 Å². The number of H-pyrrole nitrogens is 1. The monoisotopic (exact) mass is 317 g/mol. The molecule has 0 unspecified atom stereocenters. The lowest BCUT2D eigenvalue weighted by Crippen LogP contribution is -2.48. The fraction of sp³-hybridized carbons (Fsp3) is 0.706. The summed E-state index contributed by atoms with van der Waals surface area (Å²) >= 11 is 0. The lowest BCUT2D eigenvalue weighted by Gasteiger charge is -2.30. The van der Waals surface area contributed by atoms with Crippen molar-refractivity contribution in [3.63, 3.8) is 0 Å². The topological polar surface area (TPSA) is 64.6 Å². The minimum atomic E-state index is -0.0398. The maximum absolute atomic E-state index is 12.6. The Balaban J connectivity index is 1.85.